The van der Waals surface area contributed by atoms with Crippen LogP contribution in [0.25, 0.3) is 0 Å². The minimum Gasteiger partial charge on any atom is -0.354 e. The third kappa shape index (κ3) is 3.87. The van der Waals surface area contributed by atoms with Gasteiger partial charge in [0.05, 0.1) is 16.8 Å². The maximum absolute atomic E-state index is 12.2. The molecule has 0 amide bonds. The van der Waals surface area contributed by atoms with E-state index in [1.54, 1.807) is 36.5 Å². The smallest absolute Gasteiger partial charge is 0.263 e. The van der Waals surface area contributed by atoms with E-state index >= 15 is 0 Å². The molecule has 0 atom stereocenters. The first kappa shape index (κ1) is 15.1. The number of benzene rings is 2. The van der Waals surface area contributed by atoms with Crippen LogP contribution < -0.4 is 10.0 Å². The van der Waals surface area contributed by atoms with Crippen molar-refractivity contribution in [2.24, 2.45) is 0 Å². The molecule has 0 bridgehead atoms. The number of anilines is 3. The van der Waals surface area contributed by atoms with Crippen LogP contribution in [0.3, 0.4) is 0 Å². The van der Waals surface area contributed by atoms with E-state index in [-0.39, 0.29) is 10.7 Å². The number of hydrogen-bond donors (Lipinski definition) is 2. The van der Waals surface area contributed by atoms with Crippen LogP contribution in [0.4, 0.5) is 17.2 Å². The van der Waals surface area contributed by atoms with Crippen LogP contribution in [0.2, 0.25) is 0 Å². The molecule has 1 aromatic heterocycles. The topological polar surface area (TPSA) is 71.1 Å². The Labute approximate surface area is 135 Å². The molecular weight excluding hydrogens is 310 g/mol. The predicted octanol–water partition coefficient (Wildman–Crippen LogP) is 3.63. The average Bonchev–Trinajstić information content (AvgIpc) is 2.58. The quantitative estimate of drug-likeness (QED) is 0.751. The van der Waals surface area contributed by atoms with E-state index in [0.29, 0.717) is 0 Å². The molecule has 0 aliphatic rings. The summed E-state index contributed by atoms with van der Waals surface area (Å²) >= 11 is 0. The number of sulfonamides is 1. The van der Waals surface area contributed by atoms with Gasteiger partial charge >= 0.3 is 0 Å². The molecule has 2 aromatic carbocycles. The summed E-state index contributed by atoms with van der Waals surface area (Å²) in [4.78, 5) is 4.33. The highest BCUT2D eigenvalue weighted by Gasteiger charge is 2.13. The lowest BCUT2D eigenvalue weighted by Gasteiger charge is -2.09. The second-order valence-corrected chi connectivity index (χ2v) is 6.52. The second-order valence-electron chi connectivity index (χ2n) is 4.84. The van der Waals surface area contributed by atoms with E-state index in [0.717, 1.165) is 11.4 Å². The summed E-state index contributed by atoms with van der Waals surface area (Å²) < 4.78 is 26.9. The molecule has 0 fully saturated rings. The van der Waals surface area contributed by atoms with E-state index in [1.165, 1.54) is 12.1 Å². The van der Waals surface area contributed by atoms with E-state index in [2.05, 4.69) is 15.0 Å². The first-order valence-electron chi connectivity index (χ1n) is 6.99. The van der Waals surface area contributed by atoms with Crippen molar-refractivity contribution in [3.63, 3.8) is 0 Å². The number of hydrogen-bond acceptors (Lipinski definition) is 4. The fraction of sp³-hybridized carbons (Fsp3) is 0. The molecule has 6 heteroatoms. The summed E-state index contributed by atoms with van der Waals surface area (Å²) in [5.74, 6) is 0.271. The third-order valence-corrected chi connectivity index (χ3v) is 4.49. The first-order chi connectivity index (χ1) is 11.1. The van der Waals surface area contributed by atoms with Crippen LogP contribution in [0.1, 0.15) is 0 Å². The molecule has 1 heterocycles. The Bertz CT molecular complexity index is 865. The summed E-state index contributed by atoms with van der Waals surface area (Å²) in [6, 6.07) is 21.2. The number of para-hydroxylation sites is 1. The van der Waals surface area contributed by atoms with Gasteiger partial charge in [-0.2, -0.15) is 0 Å². The molecule has 23 heavy (non-hydrogen) atoms. The number of pyridine rings is 1. The zero-order valence-corrected chi connectivity index (χ0v) is 13.0. The molecule has 0 saturated carbocycles. The van der Waals surface area contributed by atoms with Gasteiger partial charge in [0.2, 0.25) is 0 Å². The molecule has 0 aliphatic heterocycles. The number of nitrogens with one attached hydrogen (secondary N) is 2. The lowest BCUT2D eigenvalue weighted by atomic mass is 10.3. The Morgan fingerprint density at radius 1 is 0.739 bits per heavy atom. The molecule has 2 N–H and O–H groups in total. The van der Waals surface area contributed by atoms with Crippen molar-refractivity contribution in [1.29, 1.82) is 0 Å². The molecule has 0 aliphatic carbocycles. The Kier molecular flexibility index (Phi) is 4.25. The molecule has 3 aromatic rings. The lowest BCUT2D eigenvalue weighted by Crippen LogP contribution is -2.13. The number of nitrogens with zero attached hydrogens (tertiary/aromatic N) is 1. The molecule has 116 valence electrons. The summed E-state index contributed by atoms with van der Waals surface area (Å²) in [6.07, 6.45) is 1.58. The Morgan fingerprint density at radius 3 is 2.00 bits per heavy atom. The Balaban J connectivity index is 1.73. The van der Waals surface area contributed by atoms with Gasteiger partial charge in [-0.15, -0.1) is 0 Å². The summed E-state index contributed by atoms with van der Waals surface area (Å²) in [7, 11) is -3.62. The lowest BCUT2D eigenvalue weighted by molar-refractivity contribution is 0.601. The van der Waals surface area contributed by atoms with Crippen molar-refractivity contribution in [1.82, 2.24) is 4.98 Å². The first-order valence-corrected chi connectivity index (χ1v) is 8.48. The van der Waals surface area contributed by atoms with Gasteiger partial charge in [0.1, 0.15) is 5.82 Å². The SMILES string of the molecule is O=S(=O)(Nc1ccc(Nc2ccccc2)cn1)c1ccccc1. The van der Waals surface area contributed by atoms with Gasteiger partial charge in [0.25, 0.3) is 10.0 Å². The standard InChI is InChI=1S/C17H15N3O2S/c21-23(22,16-9-5-2-6-10-16)20-17-12-11-15(13-18-17)19-14-7-3-1-4-8-14/h1-13,19H,(H,18,20). The molecule has 0 radical (unpaired) electrons. The maximum atomic E-state index is 12.2. The number of aromatic nitrogens is 1. The normalized spacial score (nSPS) is 11.0. The highest BCUT2D eigenvalue weighted by atomic mass is 32.2. The van der Waals surface area contributed by atoms with Gasteiger partial charge in [-0.1, -0.05) is 36.4 Å². The highest BCUT2D eigenvalue weighted by molar-refractivity contribution is 7.92. The van der Waals surface area contributed by atoms with E-state index < -0.39 is 10.0 Å². The van der Waals surface area contributed by atoms with Crippen LogP contribution in [0, 0.1) is 0 Å². The molecule has 0 unspecified atom stereocenters. The summed E-state index contributed by atoms with van der Waals surface area (Å²) in [5.41, 5.74) is 1.71. The minimum atomic E-state index is -3.62. The fourth-order valence-corrected chi connectivity index (χ4v) is 3.04. The molecule has 5 nitrogen and oxygen atoms in total. The maximum Gasteiger partial charge on any atom is 0.263 e. The van der Waals surface area contributed by atoms with E-state index in [4.69, 9.17) is 0 Å². The van der Waals surface area contributed by atoms with Gasteiger partial charge in [-0.25, -0.2) is 13.4 Å². The zero-order valence-electron chi connectivity index (χ0n) is 12.2. The fourth-order valence-electron chi connectivity index (χ4n) is 2.01. The average molecular weight is 325 g/mol. The van der Waals surface area contributed by atoms with Gasteiger partial charge in [-0.3, -0.25) is 4.72 Å². The van der Waals surface area contributed by atoms with Gasteiger partial charge < -0.3 is 5.32 Å². The second kappa shape index (κ2) is 6.50. The minimum absolute atomic E-state index is 0.202. The van der Waals surface area contributed by atoms with Gasteiger partial charge in [0.15, 0.2) is 0 Å². The highest BCUT2D eigenvalue weighted by Crippen LogP contribution is 2.18. The van der Waals surface area contributed by atoms with E-state index in [9.17, 15) is 8.42 Å². The van der Waals surface area contributed by atoms with Crippen LogP contribution >= 0.6 is 0 Å². The van der Waals surface area contributed by atoms with Crippen molar-refractivity contribution in [2.75, 3.05) is 10.0 Å². The van der Waals surface area contributed by atoms with E-state index in [1.807, 2.05) is 30.3 Å². The van der Waals surface area contributed by atoms with Gasteiger partial charge in [0, 0.05) is 5.69 Å². The molecule has 0 saturated heterocycles. The van der Waals surface area contributed by atoms with Crippen LogP contribution in [0.5, 0.6) is 0 Å². The summed E-state index contributed by atoms with van der Waals surface area (Å²) in [5, 5.41) is 3.19. The largest absolute Gasteiger partial charge is 0.354 e. The van der Waals surface area contributed by atoms with Crippen molar-refractivity contribution in [2.45, 2.75) is 4.90 Å². The Morgan fingerprint density at radius 2 is 1.39 bits per heavy atom. The van der Waals surface area contributed by atoms with Crippen LogP contribution in [0.15, 0.2) is 83.9 Å². The Hall–Kier alpha value is -2.86. The van der Waals surface area contributed by atoms with Crippen molar-refractivity contribution < 1.29 is 8.42 Å². The van der Waals surface area contributed by atoms with Crippen molar-refractivity contribution >= 4 is 27.2 Å². The van der Waals surface area contributed by atoms with Crippen molar-refractivity contribution in [3.8, 4) is 0 Å². The monoisotopic (exact) mass is 325 g/mol. The molecule has 0 spiro atoms. The van der Waals surface area contributed by atoms with Gasteiger partial charge in [-0.05, 0) is 36.4 Å². The van der Waals surface area contributed by atoms with Crippen LogP contribution in [-0.4, -0.2) is 13.4 Å². The number of rotatable bonds is 5. The summed E-state index contributed by atoms with van der Waals surface area (Å²) in [6.45, 7) is 0. The molecular formula is C17H15N3O2S. The molecule has 3 rings (SSSR count). The van der Waals surface area contributed by atoms with Crippen LogP contribution in [-0.2, 0) is 10.0 Å². The van der Waals surface area contributed by atoms with Crippen molar-refractivity contribution in [3.05, 3.63) is 79.0 Å². The zero-order chi connectivity index (χ0) is 16.1. The predicted molar refractivity (Wildman–Crippen MR) is 91.2 cm³/mol. The third-order valence-electron chi connectivity index (χ3n) is 3.12.